The minimum absolute atomic E-state index is 0.0329. The Kier molecular flexibility index (Phi) is 6.87. The number of likely N-dealkylation sites (tertiary alicyclic amines) is 1. The van der Waals surface area contributed by atoms with Gasteiger partial charge in [0.15, 0.2) is 0 Å². The molecule has 0 bridgehead atoms. The van der Waals surface area contributed by atoms with Gasteiger partial charge in [0.25, 0.3) is 0 Å². The van der Waals surface area contributed by atoms with Gasteiger partial charge in [0.2, 0.25) is 5.91 Å². The number of carbonyl (C=O) groups is 1. The van der Waals surface area contributed by atoms with Crippen LogP contribution in [0, 0.1) is 5.92 Å². The average Bonchev–Trinajstić information content (AvgIpc) is 2.62. The highest BCUT2D eigenvalue weighted by molar-refractivity contribution is 5.79. The second kappa shape index (κ2) is 8.89. The van der Waals surface area contributed by atoms with Crippen molar-refractivity contribution in [2.45, 2.75) is 31.8 Å². The normalized spacial score (nSPS) is 19.2. The molecule has 2 atom stereocenters. The number of carbonyl (C=O) groups excluding carboxylic acids is 1. The maximum atomic E-state index is 12.8. The fourth-order valence-electron chi connectivity index (χ4n) is 3.21. The van der Waals surface area contributed by atoms with Gasteiger partial charge >= 0.3 is 0 Å². The molecule has 1 aromatic carbocycles. The van der Waals surface area contributed by atoms with Gasteiger partial charge in [-0.25, -0.2) is 0 Å². The SMILES string of the molecule is CN[C@H](CO)C[C@@H]1CCCN(Cc2ccc(OC)cc2OC)C1=O. The molecule has 0 radical (unpaired) electrons. The Morgan fingerprint density at radius 2 is 2.17 bits per heavy atom. The number of benzene rings is 1. The van der Waals surface area contributed by atoms with Crippen molar-refractivity contribution >= 4 is 5.91 Å². The van der Waals surface area contributed by atoms with Crippen molar-refractivity contribution in [2.75, 3.05) is 34.4 Å². The van der Waals surface area contributed by atoms with Crippen LogP contribution >= 0.6 is 0 Å². The number of rotatable bonds is 8. The maximum absolute atomic E-state index is 12.8. The number of hydrogen-bond donors (Lipinski definition) is 2. The molecule has 0 saturated carbocycles. The van der Waals surface area contributed by atoms with Crippen LogP contribution in [0.4, 0.5) is 0 Å². The maximum Gasteiger partial charge on any atom is 0.226 e. The van der Waals surface area contributed by atoms with Crippen molar-refractivity contribution in [1.29, 1.82) is 0 Å². The minimum Gasteiger partial charge on any atom is -0.497 e. The Morgan fingerprint density at radius 3 is 2.79 bits per heavy atom. The molecule has 0 spiro atoms. The van der Waals surface area contributed by atoms with Gasteiger partial charge in [0.1, 0.15) is 11.5 Å². The van der Waals surface area contributed by atoms with Crippen molar-refractivity contribution in [3.8, 4) is 11.5 Å². The molecule has 1 amide bonds. The Morgan fingerprint density at radius 1 is 1.38 bits per heavy atom. The van der Waals surface area contributed by atoms with Crippen molar-refractivity contribution in [2.24, 2.45) is 5.92 Å². The van der Waals surface area contributed by atoms with E-state index in [-0.39, 0.29) is 24.5 Å². The highest BCUT2D eigenvalue weighted by atomic mass is 16.5. The molecule has 24 heavy (non-hydrogen) atoms. The van der Waals surface area contributed by atoms with Gasteiger partial charge in [-0.2, -0.15) is 0 Å². The first-order chi connectivity index (χ1) is 11.6. The van der Waals surface area contributed by atoms with Crippen molar-refractivity contribution in [3.05, 3.63) is 23.8 Å². The quantitative estimate of drug-likeness (QED) is 0.751. The number of aliphatic hydroxyl groups is 1. The van der Waals surface area contributed by atoms with Gasteiger partial charge in [0.05, 0.1) is 20.8 Å². The lowest BCUT2D eigenvalue weighted by molar-refractivity contribution is -0.139. The average molecular weight is 336 g/mol. The van der Waals surface area contributed by atoms with E-state index in [0.717, 1.165) is 36.4 Å². The number of nitrogens with one attached hydrogen (secondary N) is 1. The van der Waals surface area contributed by atoms with E-state index in [1.54, 1.807) is 14.2 Å². The van der Waals surface area contributed by atoms with Gasteiger partial charge in [-0.05, 0) is 38.4 Å². The molecule has 0 aromatic heterocycles. The first-order valence-corrected chi connectivity index (χ1v) is 8.40. The number of methoxy groups -OCH3 is 2. The fraction of sp³-hybridized carbons (Fsp3) is 0.611. The Hall–Kier alpha value is -1.79. The van der Waals surface area contributed by atoms with Gasteiger partial charge < -0.3 is 24.8 Å². The van der Waals surface area contributed by atoms with Crippen LogP contribution in [0.1, 0.15) is 24.8 Å². The summed E-state index contributed by atoms with van der Waals surface area (Å²) >= 11 is 0. The molecular formula is C18H28N2O4. The highest BCUT2D eigenvalue weighted by Crippen LogP contribution is 2.29. The van der Waals surface area contributed by atoms with Crippen LogP contribution in [0.3, 0.4) is 0 Å². The number of amides is 1. The lowest BCUT2D eigenvalue weighted by atomic mass is 9.90. The summed E-state index contributed by atoms with van der Waals surface area (Å²) in [5, 5.41) is 12.4. The van der Waals surface area contributed by atoms with Crippen LogP contribution in [-0.2, 0) is 11.3 Å². The molecule has 1 saturated heterocycles. The highest BCUT2D eigenvalue weighted by Gasteiger charge is 2.30. The predicted octanol–water partition coefficient (Wildman–Crippen LogP) is 1.41. The van der Waals surface area contributed by atoms with Gasteiger partial charge in [0, 0.05) is 36.7 Å². The molecule has 1 aliphatic heterocycles. The second-order valence-electron chi connectivity index (χ2n) is 6.18. The summed E-state index contributed by atoms with van der Waals surface area (Å²) in [5.41, 5.74) is 0.972. The third-order valence-corrected chi connectivity index (χ3v) is 4.69. The number of nitrogens with zero attached hydrogens (tertiary/aromatic N) is 1. The Balaban J connectivity index is 2.07. The third kappa shape index (κ3) is 4.39. The predicted molar refractivity (Wildman–Crippen MR) is 92.2 cm³/mol. The second-order valence-corrected chi connectivity index (χ2v) is 6.18. The molecule has 1 aliphatic rings. The van der Waals surface area contributed by atoms with Gasteiger partial charge in [-0.3, -0.25) is 4.79 Å². The van der Waals surface area contributed by atoms with E-state index in [1.807, 2.05) is 30.1 Å². The number of hydrogen-bond acceptors (Lipinski definition) is 5. The summed E-state index contributed by atoms with van der Waals surface area (Å²) < 4.78 is 10.6. The zero-order valence-electron chi connectivity index (χ0n) is 14.7. The largest absolute Gasteiger partial charge is 0.497 e. The Labute approximate surface area is 143 Å². The van der Waals surface area contributed by atoms with Crippen LogP contribution in [-0.4, -0.2) is 56.4 Å². The summed E-state index contributed by atoms with van der Waals surface area (Å²) in [6.45, 7) is 1.34. The summed E-state index contributed by atoms with van der Waals surface area (Å²) in [7, 11) is 5.05. The molecule has 1 aromatic rings. The first kappa shape index (κ1) is 18.5. The lowest BCUT2D eigenvalue weighted by Gasteiger charge is -2.34. The molecule has 6 nitrogen and oxygen atoms in total. The van der Waals surface area contributed by atoms with Crippen LogP contribution in [0.25, 0.3) is 0 Å². The topological polar surface area (TPSA) is 71.0 Å². The number of ether oxygens (including phenoxy) is 2. The summed E-state index contributed by atoms with van der Waals surface area (Å²) in [6, 6.07) is 5.63. The molecule has 0 aliphatic carbocycles. The van der Waals surface area contributed by atoms with Crippen LogP contribution in [0.2, 0.25) is 0 Å². The number of likely N-dealkylation sites (N-methyl/N-ethyl adjacent to an activating group) is 1. The fourth-order valence-corrected chi connectivity index (χ4v) is 3.21. The van der Waals surface area contributed by atoms with E-state index >= 15 is 0 Å². The number of piperidine rings is 1. The molecule has 2 N–H and O–H groups in total. The van der Waals surface area contributed by atoms with E-state index in [9.17, 15) is 9.90 Å². The van der Waals surface area contributed by atoms with Crippen molar-refractivity contribution in [1.82, 2.24) is 10.2 Å². The van der Waals surface area contributed by atoms with Crippen molar-refractivity contribution in [3.63, 3.8) is 0 Å². The smallest absolute Gasteiger partial charge is 0.226 e. The standard InChI is InChI=1S/C18H28N2O4/c1-19-15(12-21)9-13-5-4-8-20(18(13)22)11-14-6-7-16(23-2)10-17(14)24-3/h6-7,10,13,15,19,21H,4-5,8-9,11-12H2,1-3H3/t13-,15-/m0/s1. The zero-order valence-corrected chi connectivity index (χ0v) is 14.7. The first-order valence-electron chi connectivity index (χ1n) is 8.40. The molecule has 2 rings (SSSR count). The van der Waals surface area contributed by atoms with Gasteiger partial charge in [-0.15, -0.1) is 0 Å². The van der Waals surface area contributed by atoms with E-state index in [4.69, 9.17) is 9.47 Å². The van der Waals surface area contributed by atoms with Gasteiger partial charge in [-0.1, -0.05) is 0 Å². The summed E-state index contributed by atoms with van der Waals surface area (Å²) in [4.78, 5) is 14.7. The summed E-state index contributed by atoms with van der Waals surface area (Å²) in [5.74, 6) is 1.59. The molecule has 6 heteroatoms. The molecule has 1 heterocycles. The molecule has 0 unspecified atom stereocenters. The minimum atomic E-state index is -0.0346. The van der Waals surface area contributed by atoms with E-state index in [1.165, 1.54) is 0 Å². The Bertz CT molecular complexity index is 546. The molecular weight excluding hydrogens is 308 g/mol. The third-order valence-electron chi connectivity index (χ3n) is 4.69. The van der Waals surface area contributed by atoms with E-state index < -0.39 is 0 Å². The van der Waals surface area contributed by atoms with Crippen LogP contribution in [0.5, 0.6) is 11.5 Å². The summed E-state index contributed by atoms with van der Waals surface area (Å²) in [6.07, 6.45) is 2.53. The zero-order chi connectivity index (χ0) is 17.5. The lowest BCUT2D eigenvalue weighted by Crippen LogP contribution is -2.43. The van der Waals surface area contributed by atoms with Crippen LogP contribution < -0.4 is 14.8 Å². The van der Waals surface area contributed by atoms with Crippen LogP contribution in [0.15, 0.2) is 18.2 Å². The molecule has 134 valence electrons. The molecule has 1 fully saturated rings. The van der Waals surface area contributed by atoms with Crippen molar-refractivity contribution < 1.29 is 19.4 Å². The van der Waals surface area contributed by atoms with E-state index in [0.29, 0.717) is 13.0 Å². The number of aliphatic hydroxyl groups excluding tert-OH is 1. The monoisotopic (exact) mass is 336 g/mol. The van der Waals surface area contributed by atoms with E-state index in [2.05, 4.69) is 5.32 Å².